The van der Waals surface area contributed by atoms with Gasteiger partial charge in [-0.3, -0.25) is 10.5 Å². The van der Waals surface area contributed by atoms with Crippen LogP contribution in [0.5, 0.6) is 0 Å². The monoisotopic (exact) mass is 248 g/mol. The molecule has 0 fully saturated rings. The molecule has 1 unspecified atom stereocenters. The number of nitrogens with two attached hydrogens (primary N) is 1. The second-order valence-electron chi connectivity index (χ2n) is 4.18. The predicted molar refractivity (Wildman–Crippen MR) is 68.2 cm³/mol. The molecule has 18 heavy (non-hydrogen) atoms. The quantitative estimate of drug-likeness (QED) is 0.642. The fraction of sp³-hybridized carbons (Fsp3) is 0.308. The van der Waals surface area contributed by atoms with Crippen molar-refractivity contribution in [2.24, 2.45) is 5.84 Å². The maximum Gasteiger partial charge on any atom is 0.126 e. The van der Waals surface area contributed by atoms with E-state index in [-0.39, 0.29) is 11.9 Å². The molecule has 0 radical (unpaired) electrons. The van der Waals surface area contributed by atoms with Gasteiger partial charge in [0.2, 0.25) is 0 Å². The zero-order chi connectivity index (χ0) is 13.1. The van der Waals surface area contributed by atoms with Gasteiger partial charge in [-0.2, -0.15) is 5.10 Å². The van der Waals surface area contributed by atoms with E-state index in [0.717, 1.165) is 17.8 Å². The molecule has 0 saturated carbocycles. The van der Waals surface area contributed by atoms with Gasteiger partial charge < -0.3 is 0 Å². The summed E-state index contributed by atoms with van der Waals surface area (Å²) in [7, 11) is 0. The van der Waals surface area contributed by atoms with E-state index in [0.29, 0.717) is 5.56 Å². The highest BCUT2D eigenvalue weighted by molar-refractivity contribution is 5.31. The third-order valence-electron chi connectivity index (χ3n) is 3.04. The summed E-state index contributed by atoms with van der Waals surface area (Å²) in [6.45, 7) is 4.48. The van der Waals surface area contributed by atoms with E-state index >= 15 is 0 Å². The average Bonchev–Trinajstić information content (AvgIpc) is 2.83. The van der Waals surface area contributed by atoms with Crippen LogP contribution in [-0.4, -0.2) is 9.78 Å². The molecule has 0 aliphatic rings. The lowest BCUT2D eigenvalue weighted by Gasteiger charge is -2.18. The molecule has 2 aromatic rings. The third kappa shape index (κ3) is 2.27. The Hall–Kier alpha value is -1.72. The Morgan fingerprint density at radius 2 is 2.22 bits per heavy atom. The van der Waals surface area contributed by atoms with Crippen LogP contribution in [0.25, 0.3) is 0 Å². The molecule has 1 aromatic heterocycles. The van der Waals surface area contributed by atoms with Crippen LogP contribution in [0, 0.1) is 12.7 Å². The van der Waals surface area contributed by atoms with E-state index in [1.165, 1.54) is 6.07 Å². The molecule has 1 aromatic carbocycles. The lowest BCUT2D eigenvalue weighted by Crippen LogP contribution is -2.30. The summed E-state index contributed by atoms with van der Waals surface area (Å²) in [5.41, 5.74) is 5.05. The van der Waals surface area contributed by atoms with Crippen molar-refractivity contribution in [3.63, 3.8) is 0 Å². The SMILES string of the molecule is CCn1nccc1C(NN)c1ccc(C)c(F)c1. The summed E-state index contributed by atoms with van der Waals surface area (Å²) in [4.78, 5) is 0. The molecule has 5 heteroatoms. The first-order valence-electron chi connectivity index (χ1n) is 5.91. The van der Waals surface area contributed by atoms with Gasteiger partial charge in [0.05, 0.1) is 11.7 Å². The van der Waals surface area contributed by atoms with Crippen LogP contribution in [-0.2, 0) is 6.54 Å². The molecule has 0 aliphatic carbocycles. The number of aromatic nitrogens is 2. The lowest BCUT2D eigenvalue weighted by molar-refractivity contribution is 0.539. The third-order valence-corrected chi connectivity index (χ3v) is 3.04. The number of hydrogen-bond acceptors (Lipinski definition) is 3. The van der Waals surface area contributed by atoms with Crippen LogP contribution in [0.2, 0.25) is 0 Å². The predicted octanol–water partition coefficient (Wildman–Crippen LogP) is 1.90. The van der Waals surface area contributed by atoms with Crippen LogP contribution in [0.4, 0.5) is 4.39 Å². The van der Waals surface area contributed by atoms with Gasteiger partial charge in [0, 0.05) is 12.7 Å². The molecule has 3 N–H and O–H groups in total. The zero-order valence-electron chi connectivity index (χ0n) is 10.5. The number of nitrogens with zero attached hydrogens (tertiary/aromatic N) is 2. The van der Waals surface area contributed by atoms with Crippen molar-refractivity contribution < 1.29 is 4.39 Å². The second-order valence-corrected chi connectivity index (χ2v) is 4.18. The molecule has 96 valence electrons. The number of aryl methyl sites for hydroxylation is 2. The minimum Gasteiger partial charge on any atom is -0.271 e. The molecule has 0 bridgehead atoms. The molecule has 0 spiro atoms. The van der Waals surface area contributed by atoms with Gasteiger partial charge in [0.15, 0.2) is 0 Å². The van der Waals surface area contributed by atoms with Crippen molar-refractivity contribution in [2.75, 3.05) is 0 Å². The summed E-state index contributed by atoms with van der Waals surface area (Å²) in [5, 5.41) is 4.20. The first-order chi connectivity index (χ1) is 8.67. The zero-order valence-corrected chi connectivity index (χ0v) is 10.5. The van der Waals surface area contributed by atoms with Crippen LogP contribution in [0.15, 0.2) is 30.5 Å². The molecule has 0 amide bonds. The van der Waals surface area contributed by atoms with Crippen molar-refractivity contribution in [1.29, 1.82) is 0 Å². The lowest BCUT2D eigenvalue weighted by atomic mass is 10.0. The Labute approximate surface area is 106 Å². The number of halogens is 1. The van der Waals surface area contributed by atoms with Crippen LogP contribution in [0.1, 0.15) is 29.8 Å². The maximum absolute atomic E-state index is 13.6. The molecule has 2 rings (SSSR count). The highest BCUT2D eigenvalue weighted by Crippen LogP contribution is 2.22. The Kier molecular flexibility index (Phi) is 3.74. The van der Waals surface area contributed by atoms with Crippen molar-refractivity contribution in [2.45, 2.75) is 26.4 Å². The molecular weight excluding hydrogens is 231 g/mol. The Morgan fingerprint density at radius 1 is 1.44 bits per heavy atom. The number of hydrazine groups is 1. The van der Waals surface area contributed by atoms with E-state index in [2.05, 4.69) is 10.5 Å². The summed E-state index contributed by atoms with van der Waals surface area (Å²) < 4.78 is 15.4. The van der Waals surface area contributed by atoms with E-state index in [1.54, 1.807) is 19.2 Å². The van der Waals surface area contributed by atoms with Crippen molar-refractivity contribution in [1.82, 2.24) is 15.2 Å². The van der Waals surface area contributed by atoms with E-state index in [1.807, 2.05) is 23.7 Å². The fourth-order valence-electron chi connectivity index (χ4n) is 1.99. The van der Waals surface area contributed by atoms with E-state index in [9.17, 15) is 4.39 Å². The summed E-state index contributed by atoms with van der Waals surface area (Å²) in [5.74, 6) is 5.37. The number of nitrogens with one attached hydrogen (secondary N) is 1. The molecule has 1 heterocycles. The normalized spacial score (nSPS) is 12.7. The minimum atomic E-state index is -0.262. The molecule has 0 saturated heterocycles. The summed E-state index contributed by atoms with van der Waals surface area (Å²) in [6, 6.07) is 6.75. The first-order valence-corrected chi connectivity index (χ1v) is 5.91. The number of benzene rings is 1. The van der Waals surface area contributed by atoms with Gasteiger partial charge in [0.1, 0.15) is 5.82 Å². The Bertz CT molecular complexity index is 536. The maximum atomic E-state index is 13.6. The molecule has 0 aliphatic heterocycles. The van der Waals surface area contributed by atoms with Crippen LogP contribution < -0.4 is 11.3 Å². The molecular formula is C13H17FN4. The summed E-state index contributed by atoms with van der Waals surface area (Å²) in [6.07, 6.45) is 1.72. The van der Waals surface area contributed by atoms with Crippen molar-refractivity contribution in [3.8, 4) is 0 Å². The standard InChI is InChI=1S/C13H17FN4/c1-3-18-12(6-7-16-18)13(17-15)10-5-4-9(2)11(14)8-10/h4-8,13,17H,3,15H2,1-2H3. The average molecular weight is 248 g/mol. The second kappa shape index (κ2) is 5.29. The topological polar surface area (TPSA) is 55.9 Å². The Morgan fingerprint density at radius 3 is 2.83 bits per heavy atom. The Balaban J connectivity index is 2.42. The number of rotatable bonds is 4. The molecule has 1 atom stereocenters. The van der Waals surface area contributed by atoms with Gasteiger partial charge >= 0.3 is 0 Å². The summed E-state index contributed by atoms with van der Waals surface area (Å²) >= 11 is 0. The smallest absolute Gasteiger partial charge is 0.126 e. The van der Waals surface area contributed by atoms with Gasteiger partial charge in [-0.25, -0.2) is 9.82 Å². The molecule has 4 nitrogen and oxygen atoms in total. The van der Waals surface area contributed by atoms with Gasteiger partial charge in [-0.05, 0) is 37.1 Å². The number of hydrogen-bond donors (Lipinski definition) is 2. The van der Waals surface area contributed by atoms with Crippen molar-refractivity contribution >= 4 is 0 Å². The van der Waals surface area contributed by atoms with Gasteiger partial charge in [-0.1, -0.05) is 12.1 Å². The fourth-order valence-corrected chi connectivity index (χ4v) is 1.99. The van der Waals surface area contributed by atoms with Crippen LogP contribution >= 0.6 is 0 Å². The van der Waals surface area contributed by atoms with E-state index < -0.39 is 0 Å². The van der Waals surface area contributed by atoms with Gasteiger partial charge in [0.25, 0.3) is 0 Å². The van der Waals surface area contributed by atoms with Crippen molar-refractivity contribution in [3.05, 3.63) is 53.1 Å². The minimum absolute atomic E-state index is 0.227. The van der Waals surface area contributed by atoms with Crippen LogP contribution in [0.3, 0.4) is 0 Å². The largest absolute Gasteiger partial charge is 0.271 e. The van der Waals surface area contributed by atoms with E-state index in [4.69, 9.17) is 5.84 Å². The van der Waals surface area contributed by atoms with Gasteiger partial charge in [-0.15, -0.1) is 0 Å². The first kappa shape index (κ1) is 12.7. The highest BCUT2D eigenvalue weighted by atomic mass is 19.1. The highest BCUT2D eigenvalue weighted by Gasteiger charge is 2.17.